The number of benzene rings is 1. The molecule has 106 valence electrons. The number of amides is 1. The monoisotopic (exact) mass is 279 g/mol. The van der Waals surface area contributed by atoms with E-state index in [1.807, 2.05) is 24.3 Å². The number of nitrogens with one attached hydrogen (secondary N) is 2. The van der Waals surface area contributed by atoms with Crippen LogP contribution in [0.2, 0.25) is 0 Å². The highest BCUT2D eigenvalue weighted by atomic mass is 16.1. The van der Waals surface area contributed by atoms with Gasteiger partial charge in [-0.2, -0.15) is 0 Å². The first-order valence-electron chi connectivity index (χ1n) is 7.03. The molecule has 1 aliphatic rings. The van der Waals surface area contributed by atoms with E-state index in [2.05, 4.69) is 21.7 Å². The van der Waals surface area contributed by atoms with E-state index in [-0.39, 0.29) is 5.91 Å². The minimum absolute atomic E-state index is 0.137. The maximum atomic E-state index is 11.9. The van der Waals surface area contributed by atoms with Crippen LogP contribution in [0.3, 0.4) is 0 Å². The van der Waals surface area contributed by atoms with Crippen LogP contribution in [0.25, 0.3) is 6.08 Å². The molecule has 0 fully saturated rings. The van der Waals surface area contributed by atoms with Crippen LogP contribution >= 0.6 is 0 Å². The average molecular weight is 279 g/mol. The van der Waals surface area contributed by atoms with Gasteiger partial charge in [0, 0.05) is 30.7 Å². The summed E-state index contributed by atoms with van der Waals surface area (Å²) in [4.78, 5) is 15.9. The molecular formula is C17H17N3O. The van der Waals surface area contributed by atoms with Gasteiger partial charge < -0.3 is 10.6 Å². The molecule has 3 rings (SSSR count). The molecule has 0 unspecified atom stereocenters. The Balaban J connectivity index is 1.66. The molecular weight excluding hydrogens is 262 g/mol. The Labute approximate surface area is 123 Å². The number of carbonyl (C=O) groups excluding carboxylic acids is 1. The van der Waals surface area contributed by atoms with Crippen molar-refractivity contribution in [3.8, 4) is 0 Å². The summed E-state index contributed by atoms with van der Waals surface area (Å²) < 4.78 is 0. The van der Waals surface area contributed by atoms with Crippen molar-refractivity contribution in [1.29, 1.82) is 0 Å². The summed E-state index contributed by atoms with van der Waals surface area (Å²) in [5.74, 6) is -0.137. The van der Waals surface area contributed by atoms with Gasteiger partial charge in [-0.1, -0.05) is 12.1 Å². The van der Waals surface area contributed by atoms with Crippen molar-refractivity contribution in [1.82, 2.24) is 10.3 Å². The minimum atomic E-state index is -0.137. The topological polar surface area (TPSA) is 54.0 Å². The number of fused-ring (bicyclic) bond motifs is 1. The number of hydrogen-bond donors (Lipinski definition) is 2. The van der Waals surface area contributed by atoms with Crippen LogP contribution in [-0.2, 0) is 17.8 Å². The Kier molecular flexibility index (Phi) is 4.07. The Bertz CT molecular complexity index is 665. The smallest absolute Gasteiger partial charge is 0.248 e. The molecule has 1 amide bonds. The Morgan fingerprint density at radius 3 is 3.10 bits per heavy atom. The highest BCUT2D eigenvalue weighted by molar-refractivity contribution is 6.01. The van der Waals surface area contributed by atoms with E-state index in [1.165, 1.54) is 17.2 Å². The number of rotatable bonds is 3. The molecule has 0 spiro atoms. The fourth-order valence-corrected chi connectivity index (χ4v) is 2.39. The van der Waals surface area contributed by atoms with Crippen LogP contribution in [0.4, 0.5) is 5.69 Å². The van der Waals surface area contributed by atoms with Crippen molar-refractivity contribution in [3.05, 3.63) is 65.5 Å². The van der Waals surface area contributed by atoms with Gasteiger partial charge in [0.1, 0.15) is 0 Å². The Hall–Kier alpha value is -2.46. The third-order valence-corrected chi connectivity index (χ3v) is 3.47. The molecule has 2 N–H and O–H groups in total. The molecule has 2 aromatic rings. The lowest BCUT2D eigenvalue weighted by Gasteiger charge is -2.17. The maximum absolute atomic E-state index is 11.9. The zero-order chi connectivity index (χ0) is 14.5. The van der Waals surface area contributed by atoms with Crippen molar-refractivity contribution < 1.29 is 4.79 Å². The molecule has 0 saturated carbocycles. The quantitative estimate of drug-likeness (QED) is 0.848. The lowest BCUT2D eigenvalue weighted by atomic mass is 10.0. The van der Waals surface area contributed by atoms with Crippen molar-refractivity contribution in [3.63, 3.8) is 0 Å². The van der Waals surface area contributed by atoms with Crippen LogP contribution < -0.4 is 10.6 Å². The highest BCUT2D eigenvalue weighted by Gasteiger charge is 2.09. The predicted molar refractivity (Wildman–Crippen MR) is 83.8 cm³/mol. The van der Waals surface area contributed by atoms with Crippen molar-refractivity contribution >= 4 is 17.7 Å². The number of anilines is 1. The van der Waals surface area contributed by atoms with Gasteiger partial charge in [-0.15, -0.1) is 0 Å². The second-order valence-electron chi connectivity index (χ2n) is 5.02. The summed E-state index contributed by atoms with van der Waals surface area (Å²) in [6.07, 6.45) is 7.74. The van der Waals surface area contributed by atoms with Crippen LogP contribution in [-0.4, -0.2) is 17.4 Å². The van der Waals surface area contributed by atoms with Gasteiger partial charge in [0.25, 0.3) is 0 Å². The molecule has 0 radical (unpaired) electrons. The summed E-state index contributed by atoms with van der Waals surface area (Å²) in [6, 6.07) is 9.84. The minimum Gasteiger partial charge on any atom is -0.323 e. The second kappa shape index (κ2) is 6.33. The molecule has 2 heterocycles. The zero-order valence-electron chi connectivity index (χ0n) is 11.7. The summed E-state index contributed by atoms with van der Waals surface area (Å²) in [5.41, 5.74) is 4.36. The first-order valence-corrected chi connectivity index (χ1v) is 7.03. The number of nitrogens with zero attached hydrogens (tertiary/aromatic N) is 1. The fourth-order valence-electron chi connectivity index (χ4n) is 2.39. The van der Waals surface area contributed by atoms with Crippen molar-refractivity contribution in [2.75, 3.05) is 11.9 Å². The van der Waals surface area contributed by atoms with E-state index >= 15 is 0 Å². The van der Waals surface area contributed by atoms with E-state index in [1.54, 1.807) is 18.5 Å². The van der Waals surface area contributed by atoms with E-state index < -0.39 is 0 Å². The van der Waals surface area contributed by atoms with E-state index in [0.29, 0.717) is 0 Å². The molecule has 4 nitrogen and oxygen atoms in total. The maximum Gasteiger partial charge on any atom is 0.248 e. The normalized spacial score (nSPS) is 13.9. The molecule has 1 aromatic heterocycles. The van der Waals surface area contributed by atoms with Crippen LogP contribution in [0, 0.1) is 0 Å². The first kappa shape index (κ1) is 13.5. The van der Waals surface area contributed by atoms with Crippen LogP contribution in [0.5, 0.6) is 0 Å². The fraction of sp³-hybridized carbons (Fsp3) is 0.176. The summed E-state index contributed by atoms with van der Waals surface area (Å²) in [7, 11) is 0. The Morgan fingerprint density at radius 2 is 2.24 bits per heavy atom. The third-order valence-electron chi connectivity index (χ3n) is 3.47. The van der Waals surface area contributed by atoms with Gasteiger partial charge in [0.2, 0.25) is 5.91 Å². The molecule has 1 aromatic carbocycles. The van der Waals surface area contributed by atoms with Crippen LogP contribution in [0.15, 0.2) is 48.8 Å². The van der Waals surface area contributed by atoms with E-state index in [9.17, 15) is 4.79 Å². The average Bonchev–Trinajstić information content (AvgIpc) is 2.54. The number of carbonyl (C=O) groups is 1. The first-order chi connectivity index (χ1) is 10.3. The van der Waals surface area contributed by atoms with E-state index in [0.717, 1.165) is 30.8 Å². The largest absolute Gasteiger partial charge is 0.323 e. The number of aromatic nitrogens is 1. The number of hydrogen-bond acceptors (Lipinski definition) is 3. The molecule has 21 heavy (non-hydrogen) atoms. The molecule has 0 aliphatic carbocycles. The van der Waals surface area contributed by atoms with Gasteiger partial charge in [-0.05, 0) is 53.9 Å². The lowest BCUT2D eigenvalue weighted by Crippen LogP contribution is -2.23. The molecule has 0 atom stereocenters. The standard InChI is InChI=1S/C17H17N3O/c21-17(6-3-13-2-1-8-18-11-13)20-16-5-4-14-7-9-19-12-15(14)10-16/h1-6,8,10-11,19H,7,9,12H2,(H,20,21)/b6-3+. The second-order valence-corrected chi connectivity index (χ2v) is 5.02. The summed E-state index contributed by atoms with van der Waals surface area (Å²) >= 11 is 0. The van der Waals surface area contributed by atoms with Crippen molar-refractivity contribution in [2.24, 2.45) is 0 Å². The van der Waals surface area contributed by atoms with Crippen LogP contribution in [0.1, 0.15) is 16.7 Å². The molecule has 4 heteroatoms. The summed E-state index contributed by atoms with van der Waals surface area (Å²) in [6.45, 7) is 1.89. The lowest BCUT2D eigenvalue weighted by molar-refractivity contribution is -0.111. The van der Waals surface area contributed by atoms with Gasteiger partial charge in [-0.25, -0.2) is 0 Å². The number of pyridine rings is 1. The third kappa shape index (κ3) is 3.55. The van der Waals surface area contributed by atoms with Gasteiger partial charge in [0.15, 0.2) is 0 Å². The molecule has 0 saturated heterocycles. The predicted octanol–water partition coefficient (Wildman–Crippen LogP) is 2.38. The zero-order valence-corrected chi connectivity index (χ0v) is 11.7. The summed E-state index contributed by atoms with van der Waals surface area (Å²) in [5, 5.41) is 6.22. The van der Waals surface area contributed by atoms with E-state index in [4.69, 9.17) is 0 Å². The Morgan fingerprint density at radius 1 is 1.29 bits per heavy atom. The SMILES string of the molecule is O=C(/C=C/c1cccnc1)Nc1ccc2c(c1)CNCC2. The van der Waals surface area contributed by atoms with Gasteiger partial charge >= 0.3 is 0 Å². The van der Waals surface area contributed by atoms with Crippen molar-refractivity contribution in [2.45, 2.75) is 13.0 Å². The van der Waals surface area contributed by atoms with Gasteiger partial charge in [0.05, 0.1) is 0 Å². The molecule has 1 aliphatic heterocycles. The molecule has 0 bridgehead atoms. The highest BCUT2D eigenvalue weighted by Crippen LogP contribution is 2.19. The van der Waals surface area contributed by atoms with Gasteiger partial charge in [-0.3, -0.25) is 9.78 Å².